The fourth-order valence-corrected chi connectivity index (χ4v) is 2.69. The molecule has 1 heterocycles. The van der Waals surface area contributed by atoms with Gasteiger partial charge in [0.2, 0.25) is 0 Å². The first-order valence-corrected chi connectivity index (χ1v) is 7.54. The first kappa shape index (κ1) is 15.0. The highest BCUT2D eigenvalue weighted by Crippen LogP contribution is 2.31. The van der Waals surface area contributed by atoms with E-state index in [9.17, 15) is 4.79 Å². The van der Waals surface area contributed by atoms with E-state index in [1.807, 2.05) is 6.26 Å². The van der Waals surface area contributed by atoms with Gasteiger partial charge in [0.05, 0.1) is 21.3 Å². The lowest BCUT2D eigenvalue weighted by atomic mass is 10.2. The number of aryl methyl sites for hydroxylation is 1. The molecule has 5 nitrogen and oxygen atoms in total. The number of nitrogens with one attached hydrogen (secondary N) is 1. The highest BCUT2D eigenvalue weighted by molar-refractivity contribution is 7.98. The quantitative estimate of drug-likeness (QED) is 0.669. The van der Waals surface area contributed by atoms with Crippen molar-refractivity contribution >= 4 is 52.2 Å². The maximum absolute atomic E-state index is 12.2. The Balaban J connectivity index is 2.28. The van der Waals surface area contributed by atoms with Crippen molar-refractivity contribution in [3.63, 3.8) is 0 Å². The highest BCUT2D eigenvalue weighted by Gasteiger charge is 2.16. The Morgan fingerprint density at radius 2 is 2.00 bits per heavy atom. The summed E-state index contributed by atoms with van der Waals surface area (Å²) in [6, 6.07) is 3.10. The van der Waals surface area contributed by atoms with Gasteiger partial charge in [-0.05, 0) is 18.4 Å². The lowest BCUT2D eigenvalue weighted by molar-refractivity contribution is 0.102. The molecular weight excluding hydrogens is 319 g/mol. The highest BCUT2D eigenvalue weighted by atomic mass is 35.5. The van der Waals surface area contributed by atoms with Crippen molar-refractivity contribution in [2.24, 2.45) is 7.05 Å². The van der Waals surface area contributed by atoms with Gasteiger partial charge in [-0.25, -0.2) is 0 Å². The molecule has 2 rings (SSSR count). The van der Waals surface area contributed by atoms with Crippen LogP contribution < -0.4 is 11.1 Å². The van der Waals surface area contributed by atoms with E-state index in [1.165, 1.54) is 11.8 Å². The lowest BCUT2D eigenvalue weighted by Crippen LogP contribution is -2.12. The van der Waals surface area contributed by atoms with E-state index >= 15 is 0 Å². The Morgan fingerprint density at radius 1 is 1.40 bits per heavy atom. The van der Waals surface area contributed by atoms with Crippen molar-refractivity contribution in [3.05, 3.63) is 33.9 Å². The monoisotopic (exact) mass is 330 g/mol. The predicted octanol–water partition coefficient (Wildman–Crippen LogP) is 3.28. The number of hydrogen-bond acceptors (Lipinski definition) is 4. The van der Waals surface area contributed by atoms with Crippen molar-refractivity contribution in [1.29, 1.82) is 0 Å². The number of halogens is 2. The Hall–Kier alpha value is -1.37. The smallest absolute Gasteiger partial charge is 0.260 e. The van der Waals surface area contributed by atoms with E-state index in [0.717, 1.165) is 0 Å². The van der Waals surface area contributed by atoms with Crippen molar-refractivity contribution in [2.45, 2.75) is 5.03 Å². The summed E-state index contributed by atoms with van der Waals surface area (Å²) >= 11 is 13.3. The minimum Gasteiger partial charge on any atom is -0.396 e. The number of aromatic nitrogens is 2. The standard InChI is InChI=1S/C12H12Cl2N4OS/c1-18-5-7(12(17-18)20-2)11(19)16-6-3-8(13)10(15)9(14)4-6/h3-5H,15H2,1-2H3,(H,16,19). The largest absolute Gasteiger partial charge is 0.396 e. The van der Waals surface area contributed by atoms with Crippen LogP contribution in [0.3, 0.4) is 0 Å². The topological polar surface area (TPSA) is 72.9 Å². The predicted molar refractivity (Wildman–Crippen MR) is 83.8 cm³/mol. The Bertz CT molecular complexity index is 648. The zero-order valence-electron chi connectivity index (χ0n) is 10.8. The van der Waals surface area contributed by atoms with Crippen molar-refractivity contribution in [1.82, 2.24) is 9.78 Å². The molecule has 0 fully saturated rings. The SMILES string of the molecule is CSc1nn(C)cc1C(=O)Nc1cc(Cl)c(N)c(Cl)c1. The number of benzene rings is 1. The summed E-state index contributed by atoms with van der Waals surface area (Å²) in [5.74, 6) is -0.278. The molecule has 0 radical (unpaired) electrons. The van der Waals surface area contributed by atoms with Crippen LogP contribution >= 0.6 is 35.0 Å². The average Bonchev–Trinajstić information content (AvgIpc) is 2.77. The molecule has 3 N–H and O–H groups in total. The van der Waals surface area contributed by atoms with Gasteiger partial charge in [-0.15, -0.1) is 11.8 Å². The maximum atomic E-state index is 12.2. The summed E-state index contributed by atoms with van der Waals surface area (Å²) in [4.78, 5) is 12.2. The Labute approximate surface area is 130 Å². The molecule has 0 saturated carbocycles. The molecule has 0 spiro atoms. The summed E-state index contributed by atoms with van der Waals surface area (Å²) in [7, 11) is 1.76. The molecule has 2 aromatic rings. The van der Waals surface area contributed by atoms with Gasteiger partial charge < -0.3 is 11.1 Å². The molecule has 0 bridgehead atoms. The molecule has 0 saturated heterocycles. The number of rotatable bonds is 3. The molecule has 1 amide bonds. The van der Waals surface area contributed by atoms with Gasteiger partial charge >= 0.3 is 0 Å². The van der Waals surface area contributed by atoms with E-state index in [0.29, 0.717) is 26.3 Å². The minimum absolute atomic E-state index is 0.278. The van der Waals surface area contributed by atoms with Gasteiger partial charge in [-0.1, -0.05) is 23.2 Å². The van der Waals surface area contributed by atoms with Crippen molar-refractivity contribution in [2.75, 3.05) is 17.3 Å². The van der Waals surface area contributed by atoms with E-state index in [-0.39, 0.29) is 11.6 Å². The van der Waals surface area contributed by atoms with E-state index in [4.69, 9.17) is 28.9 Å². The molecule has 1 aromatic heterocycles. The zero-order valence-corrected chi connectivity index (χ0v) is 13.1. The number of thioether (sulfide) groups is 1. The first-order chi connectivity index (χ1) is 9.42. The van der Waals surface area contributed by atoms with Crippen molar-refractivity contribution in [3.8, 4) is 0 Å². The van der Waals surface area contributed by atoms with E-state index in [2.05, 4.69) is 10.4 Å². The lowest BCUT2D eigenvalue weighted by Gasteiger charge is -2.08. The number of amides is 1. The van der Waals surface area contributed by atoms with Crippen LogP contribution in [-0.2, 0) is 7.05 Å². The molecule has 0 aliphatic rings. The Kier molecular flexibility index (Phi) is 4.47. The molecule has 20 heavy (non-hydrogen) atoms. The molecule has 1 aromatic carbocycles. The second-order valence-corrected chi connectivity index (χ2v) is 5.64. The number of nitrogen functional groups attached to an aromatic ring is 1. The minimum atomic E-state index is -0.278. The maximum Gasteiger partial charge on any atom is 0.260 e. The van der Waals surface area contributed by atoms with Gasteiger partial charge in [0.25, 0.3) is 5.91 Å². The fourth-order valence-electron chi connectivity index (χ4n) is 1.63. The zero-order chi connectivity index (χ0) is 14.9. The fraction of sp³-hybridized carbons (Fsp3) is 0.167. The number of nitrogens with zero attached hydrogens (tertiary/aromatic N) is 2. The first-order valence-electron chi connectivity index (χ1n) is 5.56. The summed E-state index contributed by atoms with van der Waals surface area (Å²) in [6.45, 7) is 0. The van der Waals surface area contributed by atoms with Gasteiger partial charge in [0.1, 0.15) is 5.03 Å². The normalized spacial score (nSPS) is 10.6. The Morgan fingerprint density at radius 3 is 2.55 bits per heavy atom. The van der Waals surface area contributed by atoms with Crippen LogP contribution in [0, 0.1) is 0 Å². The van der Waals surface area contributed by atoms with Crippen LogP contribution in [0.25, 0.3) is 0 Å². The molecule has 0 atom stereocenters. The summed E-state index contributed by atoms with van der Waals surface area (Å²) in [5.41, 5.74) is 6.91. The van der Waals surface area contributed by atoms with Crippen LogP contribution in [0.2, 0.25) is 10.0 Å². The van der Waals surface area contributed by atoms with Crippen molar-refractivity contribution < 1.29 is 4.79 Å². The van der Waals surface area contributed by atoms with E-state index < -0.39 is 0 Å². The summed E-state index contributed by atoms with van der Waals surface area (Å²) in [6.07, 6.45) is 3.51. The molecule has 106 valence electrons. The summed E-state index contributed by atoms with van der Waals surface area (Å²) in [5, 5.41) is 8.15. The second kappa shape index (κ2) is 5.95. The molecule has 0 aliphatic heterocycles. The van der Waals surface area contributed by atoms with Gasteiger partial charge in [0, 0.05) is 18.9 Å². The van der Waals surface area contributed by atoms with Crippen LogP contribution in [0.4, 0.5) is 11.4 Å². The van der Waals surface area contributed by atoms with E-state index in [1.54, 1.807) is 30.1 Å². The number of nitrogens with two attached hydrogens (primary N) is 1. The van der Waals surface area contributed by atoms with Crippen LogP contribution in [-0.4, -0.2) is 21.9 Å². The second-order valence-electron chi connectivity index (χ2n) is 4.03. The number of carbonyl (C=O) groups is 1. The number of carbonyl (C=O) groups excluding carboxylic acids is 1. The third kappa shape index (κ3) is 3.03. The van der Waals surface area contributed by atoms with Crippen LogP contribution in [0.5, 0.6) is 0 Å². The average molecular weight is 331 g/mol. The third-order valence-electron chi connectivity index (χ3n) is 2.57. The molecular formula is C12H12Cl2N4OS. The van der Waals surface area contributed by atoms with Crippen LogP contribution in [0.1, 0.15) is 10.4 Å². The van der Waals surface area contributed by atoms with Gasteiger partial charge in [-0.3, -0.25) is 9.48 Å². The summed E-state index contributed by atoms with van der Waals surface area (Å²) < 4.78 is 1.59. The van der Waals surface area contributed by atoms with Gasteiger partial charge in [0.15, 0.2) is 0 Å². The number of hydrogen-bond donors (Lipinski definition) is 2. The van der Waals surface area contributed by atoms with Gasteiger partial charge in [-0.2, -0.15) is 5.10 Å². The molecule has 0 unspecified atom stereocenters. The molecule has 8 heteroatoms. The van der Waals surface area contributed by atoms with Crippen LogP contribution in [0.15, 0.2) is 23.4 Å². The number of anilines is 2. The molecule has 0 aliphatic carbocycles. The third-order valence-corrected chi connectivity index (χ3v) is 3.88.